The Morgan fingerprint density at radius 2 is 2.00 bits per heavy atom. The van der Waals surface area contributed by atoms with Crippen molar-refractivity contribution in [3.63, 3.8) is 0 Å². The van der Waals surface area contributed by atoms with Crippen molar-refractivity contribution in [3.05, 3.63) is 0 Å². The number of rotatable bonds is 5. The fraction of sp³-hybridized carbons (Fsp3) is 0.929. The van der Waals surface area contributed by atoms with Gasteiger partial charge in [0.25, 0.3) is 0 Å². The van der Waals surface area contributed by atoms with E-state index in [4.69, 9.17) is 0 Å². The van der Waals surface area contributed by atoms with E-state index in [9.17, 15) is 18.0 Å². The summed E-state index contributed by atoms with van der Waals surface area (Å²) in [7, 11) is 0. The Hall–Kier alpha value is -0.430. The average Bonchev–Trinajstić information content (AvgIpc) is 2.72. The van der Waals surface area contributed by atoms with Crippen molar-refractivity contribution in [1.82, 2.24) is 10.2 Å². The van der Waals surface area contributed by atoms with Crippen LogP contribution in [0.1, 0.15) is 39.0 Å². The fourth-order valence-corrected chi connectivity index (χ4v) is 4.43. The maximum absolute atomic E-state index is 12.4. The second-order valence-corrected chi connectivity index (χ2v) is 7.28. The lowest BCUT2D eigenvalue weighted by atomic mass is 9.94. The molecule has 1 aliphatic carbocycles. The van der Waals surface area contributed by atoms with E-state index in [1.807, 2.05) is 11.8 Å². The SMILES string of the molecule is CCS[C@@H]1CCCC[C@@H]1N[C@@H]1CCN(CC(F)(F)F)C1=O. The van der Waals surface area contributed by atoms with Crippen LogP contribution in [0, 0.1) is 0 Å². The average molecular weight is 324 g/mol. The van der Waals surface area contributed by atoms with Crippen molar-refractivity contribution in [2.75, 3.05) is 18.8 Å². The van der Waals surface area contributed by atoms with Gasteiger partial charge in [0.05, 0.1) is 6.04 Å². The molecule has 0 unspecified atom stereocenters. The molecule has 1 saturated carbocycles. The highest BCUT2D eigenvalue weighted by Gasteiger charge is 2.40. The van der Waals surface area contributed by atoms with Crippen molar-refractivity contribution in [2.45, 2.75) is 62.5 Å². The third kappa shape index (κ3) is 4.77. The van der Waals surface area contributed by atoms with Gasteiger partial charge in [0, 0.05) is 17.8 Å². The molecule has 0 aromatic carbocycles. The third-order valence-electron chi connectivity index (χ3n) is 4.17. The lowest BCUT2D eigenvalue weighted by Gasteiger charge is -2.33. The van der Waals surface area contributed by atoms with Crippen LogP contribution in [0.3, 0.4) is 0 Å². The summed E-state index contributed by atoms with van der Waals surface area (Å²) < 4.78 is 37.2. The Morgan fingerprint density at radius 1 is 1.29 bits per heavy atom. The Labute approximate surface area is 128 Å². The Morgan fingerprint density at radius 3 is 2.67 bits per heavy atom. The highest BCUT2D eigenvalue weighted by atomic mass is 32.2. The standard InChI is InChI=1S/C14H23F3N2OS/c1-2-21-12-6-4-3-5-10(12)18-11-7-8-19(13(11)20)9-14(15,16)17/h10-12,18H,2-9H2,1H3/t10-,11+,12+/m0/s1. The largest absolute Gasteiger partial charge is 0.406 e. The maximum Gasteiger partial charge on any atom is 0.406 e. The van der Waals surface area contributed by atoms with Gasteiger partial charge in [-0.1, -0.05) is 19.8 Å². The molecule has 2 rings (SSSR count). The molecule has 1 saturated heterocycles. The zero-order valence-electron chi connectivity index (χ0n) is 12.3. The van der Waals surface area contributed by atoms with E-state index in [-0.39, 0.29) is 12.6 Å². The van der Waals surface area contributed by atoms with Crippen LogP contribution < -0.4 is 5.32 Å². The number of halogens is 3. The molecule has 7 heteroatoms. The second-order valence-electron chi connectivity index (χ2n) is 5.77. The van der Waals surface area contributed by atoms with Crippen LogP contribution in [0.4, 0.5) is 13.2 Å². The first kappa shape index (κ1) is 16.9. The van der Waals surface area contributed by atoms with E-state index in [1.54, 1.807) is 0 Å². The molecule has 1 aliphatic heterocycles. The topological polar surface area (TPSA) is 32.3 Å². The summed E-state index contributed by atoms with van der Waals surface area (Å²) in [6.45, 7) is 1.19. The Bertz CT molecular complexity index is 363. The van der Waals surface area contributed by atoms with Gasteiger partial charge in [-0.05, 0) is 25.0 Å². The second kappa shape index (κ2) is 7.22. The van der Waals surface area contributed by atoms with Crippen LogP contribution in [-0.2, 0) is 4.79 Å². The van der Waals surface area contributed by atoms with Crippen LogP contribution in [0.15, 0.2) is 0 Å². The number of amides is 1. The lowest BCUT2D eigenvalue weighted by molar-refractivity contribution is -0.158. The predicted molar refractivity (Wildman–Crippen MR) is 78.4 cm³/mol. The zero-order valence-corrected chi connectivity index (χ0v) is 13.1. The number of thioether (sulfide) groups is 1. The highest BCUT2D eigenvalue weighted by molar-refractivity contribution is 7.99. The van der Waals surface area contributed by atoms with Gasteiger partial charge >= 0.3 is 6.18 Å². The molecular formula is C14H23F3N2OS. The van der Waals surface area contributed by atoms with Crippen LogP contribution in [0.5, 0.6) is 0 Å². The molecule has 3 atom stereocenters. The Kier molecular flexibility index (Phi) is 5.82. The van der Waals surface area contributed by atoms with Crippen molar-refractivity contribution in [1.29, 1.82) is 0 Å². The van der Waals surface area contributed by atoms with Gasteiger partial charge in [0.15, 0.2) is 0 Å². The summed E-state index contributed by atoms with van der Waals surface area (Å²) in [5.41, 5.74) is 0. The van der Waals surface area contributed by atoms with Crippen LogP contribution in [0.25, 0.3) is 0 Å². The van der Waals surface area contributed by atoms with Crippen LogP contribution >= 0.6 is 11.8 Å². The number of nitrogens with one attached hydrogen (secondary N) is 1. The summed E-state index contributed by atoms with van der Waals surface area (Å²) in [6.07, 6.45) is 0.648. The third-order valence-corrected chi connectivity index (χ3v) is 5.49. The lowest BCUT2D eigenvalue weighted by Crippen LogP contribution is -2.49. The molecule has 2 aliphatic rings. The molecule has 0 aromatic rings. The zero-order chi connectivity index (χ0) is 15.5. The number of nitrogens with zero attached hydrogens (tertiary/aromatic N) is 1. The molecule has 1 heterocycles. The summed E-state index contributed by atoms with van der Waals surface area (Å²) in [5, 5.41) is 3.82. The molecular weight excluding hydrogens is 301 g/mol. The van der Waals surface area contributed by atoms with Crippen LogP contribution in [-0.4, -0.2) is 53.2 Å². The smallest absolute Gasteiger partial charge is 0.332 e. The maximum atomic E-state index is 12.4. The van der Waals surface area contributed by atoms with E-state index in [0.29, 0.717) is 11.7 Å². The summed E-state index contributed by atoms with van der Waals surface area (Å²) in [4.78, 5) is 13.0. The van der Waals surface area contributed by atoms with Crippen molar-refractivity contribution >= 4 is 17.7 Å². The molecule has 0 aromatic heterocycles. The number of hydrogen-bond acceptors (Lipinski definition) is 3. The summed E-state index contributed by atoms with van der Waals surface area (Å²) in [6, 6.07) is -0.182. The van der Waals surface area contributed by atoms with Crippen LogP contribution in [0.2, 0.25) is 0 Å². The van der Waals surface area contributed by atoms with E-state index < -0.39 is 24.7 Å². The number of likely N-dealkylation sites (tertiary alicyclic amines) is 1. The molecule has 122 valence electrons. The first-order valence-corrected chi connectivity index (χ1v) is 8.69. The molecule has 0 radical (unpaired) electrons. The first-order chi connectivity index (χ1) is 9.90. The minimum atomic E-state index is -4.31. The Balaban J connectivity index is 1.89. The van der Waals surface area contributed by atoms with E-state index >= 15 is 0 Å². The number of hydrogen-bond donors (Lipinski definition) is 1. The van der Waals surface area contributed by atoms with Gasteiger partial charge in [-0.2, -0.15) is 24.9 Å². The molecule has 21 heavy (non-hydrogen) atoms. The van der Waals surface area contributed by atoms with Gasteiger partial charge in [-0.25, -0.2) is 0 Å². The number of alkyl halides is 3. The highest BCUT2D eigenvalue weighted by Crippen LogP contribution is 2.30. The summed E-state index contributed by atoms with van der Waals surface area (Å²) in [5.74, 6) is 0.639. The van der Waals surface area contributed by atoms with E-state index in [2.05, 4.69) is 12.2 Å². The first-order valence-electron chi connectivity index (χ1n) is 7.64. The molecule has 1 N–H and O–H groups in total. The minimum absolute atomic E-state index is 0.203. The summed E-state index contributed by atoms with van der Waals surface area (Å²) >= 11 is 1.89. The van der Waals surface area contributed by atoms with Crippen molar-refractivity contribution < 1.29 is 18.0 Å². The molecule has 0 bridgehead atoms. The van der Waals surface area contributed by atoms with Gasteiger partial charge < -0.3 is 10.2 Å². The van der Waals surface area contributed by atoms with Gasteiger partial charge in [-0.3, -0.25) is 4.79 Å². The molecule has 3 nitrogen and oxygen atoms in total. The van der Waals surface area contributed by atoms with Gasteiger partial charge in [-0.15, -0.1) is 0 Å². The quantitative estimate of drug-likeness (QED) is 0.844. The molecule has 0 spiro atoms. The normalized spacial score (nSPS) is 31.0. The van der Waals surface area contributed by atoms with E-state index in [0.717, 1.165) is 29.9 Å². The minimum Gasteiger partial charge on any atom is -0.332 e. The van der Waals surface area contributed by atoms with E-state index in [1.165, 1.54) is 6.42 Å². The fourth-order valence-electron chi connectivity index (χ4n) is 3.23. The predicted octanol–water partition coefficient (Wildman–Crippen LogP) is 2.80. The van der Waals surface area contributed by atoms with Gasteiger partial charge in [0.1, 0.15) is 6.54 Å². The van der Waals surface area contributed by atoms with Crippen molar-refractivity contribution in [2.24, 2.45) is 0 Å². The number of carbonyl (C=O) groups is 1. The molecule has 1 amide bonds. The molecule has 2 fully saturated rings. The monoisotopic (exact) mass is 324 g/mol. The number of carbonyl (C=O) groups excluding carboxylic acids is 1. The van der Waals surface area contributed by atoms with Gasteiger partial charge in [0.2, 0.25) is 5.91 Å². The van der Waals surface area contributed by atoms with Crippen molar-refractivity contribution in [3.8, 4) is 0 Å².